The molecule has 0 fully saturated rings. The van der Waals surface area contributed by atoms with Crippen LogP contribution in [-0.4, -0.2) is 29.1 Å². The maximum atomic E-state index is 11.6. The van der Waals surface area contributed by atoms with Crippen molar-refractivity contribution >= 4 is 33.8 Å². The molecule has 104 valence electrons. The summed E-state index contributed by atoms with van der Waals surface area (Å²) in [6.45, 7) is 0. The van der Waals surface area contributed by atoms with Crippen LogP contribution in [0, 0.1) is 0 Å². The quantitative estimate of drug-likeness (QED) is 0.579. The van der Waals surface area contributed by atoms with Gasteiger partial charge in [0.2, 0.25) is 5.95 Å². The Labute approximate surface area is 122 Å². The van der Waals surface area contributed by atoms with Gasteiger partial charge in [0.05, 0.1) is 17.2 Å². The van der Waals surface area contributed by atoms with Crippen molar-refractivity contribution in [2.24, 2.45) is 7.05 Å². The van der Waals surface area contributed by atoms with Crippen molar-refractivity contribution in [3.8, 4) is 5.95 Å². The molecular weight excluding hydrogens is 292 g/mol. The number of fused-ring (bicyclic) bond motifs is 2. The van der Waals surface area contributed by atoms with E-state index >= 15 is 0 Å². The molecule has 0 saturated heterocycles. The van der Waals surface area contributed by atoms with Gasteiger partial charge in [-0.15, -0.1) is 0 Å². The van der Waals surface area contributed by atoms with Crippen LogP contribution >= 0.6 is 11.6 Å². The Hall–Kier alpha value is -2.67. The fourth-order valence-electron chi connectivity index (χ4n) is 2.25. The number of rotatable bonds is 1. The Balaban J connectivity index is 1.99. The maximum absolute atomic E-state index is 11.6. The van der Waals surface area contributed by atoms with Gasteiger partial charge in [0.1, 0.15) is 11.8 Å². The van der Waals surface area contributed by atoms with Crippen LogP contribution in [0.25, 0.3) is 28.1 Å². The summed E-state index contributed by atoms with van der Waals surface area (Å²) in [5.74, 6) is 0.425. The fourth-order valence-corrected chi connectivity index (χ4v) is 2.42. The highest BCUT2D eigenvalue weighted by Gasteiger charge is 2.11. The molecule has 8 heteroatoms. The van der Waals surface area contributed by atoms with E-state index in [1.165, 1.54) is 4.57 Å². The first kappa shape index (κ1) is 12.1. The molecule has 3 heterocycles. The second-order valence-electron chi connectivity index (χ2n) is 4.64. The molecule has 7 nitrogen and oxygen atoms in total. The SMILES string of the molecule is Cn1c(=O)[nH]c2nc(-n3cnc4ccc(Cl)cc43)ncc21. The number of halogens is 1. The first-order valence-electron chi connectivity index (χ1n) is 6.18. The zero-order chi connectivity index (χ0) is 14.6. The molecule has 0 unspecified atom stereocenters. The van der Waals surface area contributed by atoms with Crippen LogP contribution in [0.1, 0.15) is 0 Å². The molecule has 0 aliphatic heterocycles. The van der Waals surface area contributed by atoms with Crippen LogP contribution in [-0.2, 0) is 7.05 Å². The number of hydrogen-bond donors (Lipinski definition) is 1. The van der Waals surface area contributed by atoms with E-state index < -0.39 is 0 Å². The van der Waals surface area contributed by atoms with Crippen molar-refractivity contribution in [2.75, 3.05) is 0 Å². The van der Waals surface area contributed by atoms with E-state index in [1.807, 2.05) is 6.07 Å². The molecule has 0 atom stereocenters. The Morgan fingerprint density at radius 2 is 2.10 bits per heavy atom. The van der Waals surface area contributed by atoms with Gasteiger partial charge in [0.15, 0.2) is 5.65 Å². The summed E-state index contributed by atoms with van der Waals surface area (Å²) in [5, 5.41) is 0.610. The summed E-state index contributed by atoms with van der Waals surface area (Å²) < 4.78 is 3.19. The molecule has 4 aromatic rings. The van der Waals surface area contributed by atoms with Crippen molar-refractivity contribution in [3.05, 3.63) is 46.2 Å². The van der Waals surface area contributed by atoms with Gasteiger partial charge in [0.25, 0.3) is 0 Å². The summed E-state index contributed by atoms with van der Waals surface area (Å²) in [4.78, 5) is 27.2. The van der Waals surface area contributed by atoms with E-state index in [9.17, 15) is 4.79 Å². The van der Waals surface area contributed by atoms with E-state index in [1.54, 1.807) is 36.3 Å². The van der Waals surface area contributed by atoms with Crippen molar-refractivity contribution in [3.63, 3.8) is 0 Å². The van der Waals surface area contributed by atoms with Gasteiger partial charge in [-0.05, 0) is 18.2 Å². The predicted molar refractivity (Wildman–Crippen MR) is 78.8 cm³/mol. The van der Waals surface area contributed by atoms with Crippen molar-refractivity contribution in [1.29, 1.82) is 0 Å². The normalized spacial score (nSPS) is 11.5. The molecule has 0 amide bonds. The Morgan fingerprint density at radius 1 is 1.24 bits per heavy atom. The molecule has 3 aromatic heterocycles. The van der Waals surface area contributed by atoms with Crippen LogP contribution < -0.4 is 5.69 Å². The lowest BCUT2D eigenvalue weighted by molar-refractivity contribution is 0.888. The Bertz CT molecular complexity index is 1040. The number of H-pyrrole nitrogens is 1. The average molecular weight is 301 g/mol. The number of hydrogen-bond acceptors (Lipinski definition) is 4. The average Bonchev–Trinajstić information content (AvgIpc) is 3.00. The van der Waals surface area contributed by atoms with Gasteiger partial charge >= 0.3 is 5.69 Å². The van der Waals surface area contributed by atoms with Gasteiger partial charge in [0, 0.05) is 12.1 Å². The number of benzene rings is 1. The van der Waals surface area contributed by atoms with Crippen LogP contribution in [0.4, 0.5) is 0 Å². The molecule has 0 saturated carbocycles. The molecule has 4 rings (SSSR count). The number of aromatic amines is 1. The molecule has 0 spiro atoms. The predicted octanol–water partition coefficient (Wildman–Crippen LogP) is 1.65. The first-order valence-corrected chi connectivity index (χ1v) is 6.56. The molecule has 0 aliphatic carbocycles. The fraction of sp³-hybridized carbons (Fsp3) is 0.0769. The number of aryl methyl sites for hydroxylation is 1. The van der Waals surface area contributed by atoms with Gasteiger partial charge in [-0.25, -0.2) is 14.8 Å². The molecule has 0 aliphatic rings. The van der Waals surface area contributed by atoms with Crippen LogP contribution in [0.5, 0.6) is 0 Å². The van der Waals surface area contributed by atoms with Gasteiger partial charge in [-0.1, -0.05) is 11.6 Å². The summed E-state index contributed by atoms with van der Waals surface area (Å²) in [7, 11) is 1.66. The third-order valence-corrected chi connectivity index (χ3v) is 3.61. The van der Waals surface area contributed by atoms with E-state index in [0.717, 1.165) is 11.0 Å². The molecule has 21 heavy (non-hydrogen) atoms. The highest BCUT2D eigenvalue weighted by molar-refractivity contribution is 6.31. The smallest absolute Gasteiger partial charge is 0.292 e. The first-order chi connectivity index (χ1) is 10.1. The van der Waals surface area contributed by atoms with Crippen molar-refractivity contribution in [2.45, 2.75) is 0 Å². The van der Waals surface area contributed by atoms with Gasteiger partial charge < -0.3 is 0 Å². The lowest BCUT2D eigenvalue weighted by Crippen LogP contribution is -2.11. The van der Waals surface area contributed by atoms with Gasteiger partial charge in [-0.3, -0.25) is 14.1 Å². The minimum Gasteiger partial charge on any atom is -0.292 e. The van der Waals surface area contributed by atoms with E-state index in [0.29, 0.717) is 22.1 Å². The Morgan fingerprint density at radius 3 is 2.95 bits per heavy atom. The summed E-state index contributed by atoms with van der Waals surface area (Å²) in [6, 6.07) is 5.40. The largest absolute Gasteiger partial charge is 0.327 e. The van der Waals surface area contributed by atoms with E-state index in [-0.39, 0.29) is 5.69 Å². The zero-order valence-electron chi connectivity index (χ0n) is 10.9. The standard InChI is InChI=1S/C13H9ClN6O/c1-19-10-5-15-12(17-11(10)18-13(19)21)20-6-16-8-3-2-7(14)4-9(8)20/h2-6H,1H3,(H,15,17,18,21). The van der Waals surface area contributed by atoms with E-state index in [2.05, 4.69) is 19.9 Å². The van der Waals surface area contributed by atoms with Crippen LogP contribution in [0.2, 0.25) is 5.02 Å². The molecule has 0 radical (unpaired) electrons. The number of aromatic nitrogens is 6. The van der Waals surface area contributed by atoms with Crippen molar-refractivity contribution < 1.29 is 0 Å². The van der Waals surface area contributed by atoms with Gasteiger partial charge in [-0.2, -0.15) is 4.98 Å². The third-order valence-electron chi connectivity index (χ3n) is 3.37. The second-order valence-corrected chi connectivity index (χ2v) is 5.08. The summed E-state index contributed by atoms with van der Waals surface area (Å²) in [5.41, 5.74) is 2.50. The molecular formula is C13H9ClN6O. The molecule has 1 N–H and O–H groups in total. The number of imidazole rings is 2. The number of nitrogens with zero attached hydrogens (tertiary/aromatic N) is 5. The minimum atomic E-state index is -0.227. The minimum absolute atomic E-state index is 0.227. The monoisotopic (exact) mass is 300 g/mol. The molecule has 1 aromatic carbocycles. The number of nitrogens with one attached hydrogen (secondary N) is 1. The second kappa shape index (κ2) is 4.16. The lowest BCUT2D eigenvalue weighted by atomic mass is 10.3. The molecule has 0 bridgehead atoms. The summed E-state index contributed by atoms with van der Waals surface area (Å²) in [6.07, 6.45) is 3.23. The van der Waals surface area contributed by atoms with Crippen LogP contribution in [0.3, 0.4) is 0 Å². The lowest BCUT2D eigenvalue weighted by Gasteiger charge is -2.02. The third kappa shape index (κ3) is 1.74. The highest BCUT2D eigenvalue weighted by atomic mass is 35.5. The highest BCUT2D eigenvalue weighted by Crippen LogP contribution is 2.20. The Kier molecular flexibility index (Phi) is 2.40. The topological polar surface area (TPSA) is 81.4 Å². The summed E-state index contributed by atoms with van der Waals surface area (Å²) >= 11 is 6.02. The van der Waals surface area contributed by atoms with Crippen LogP contribution in [0.15, 0.2) is 35.5 Å². The maximum Gasteiger partial charge on any atom is 0.327 e. The van der Waals surface area contributed by atoms with E-state index in [4.69, 9.17) is 11.6 Å². The zero-order valence-corrected chi connectivity index (χ0v) is 11.7. The van der Waals surface area contributed by atoms with Crippen molar-refractivity contribution in [1.82, 2.24) is 29.1 Å².